The first kappa shape index (κ1) is 27.0. The van der Waals surface area contributed by atoms with Crippen LogP contribution in [0, 0.1) is 17.1 Å². The molecule has 1 aromatic carbocycles. The van der Waals surface area contributed by atoms with Crippen LogP contribution in [0.15, 0.2) is 36.9 Å². The third-order valence-electron chi connectivity index (χ3n) is 6.30. The summed E-state index contributed by atoms with van der Waals surface area (Å²) in [6.45, 7) is 0.556. The van der Waals surface area contributed by atoms with E-state index in [2.05, 4.69) is 15.0 Å². The molecule has 1 aliphatic rings. The number of halogens is 1. The minimum atomic E-state index is -1.32. The van der Waals surface area contributed by atoms with Gasteiger partial charge in [0.15, 0.2) is 17.7 Å². The van der Waals surface area contributed by atoms with E-state index in [0.717, 1.165) is 6.07 Å². The topological polar surface area (TPSA) is 210 Å². The molecule has 4 rings (SSSR count). The quantitative estimate of drug-likeness (QED) is 0.234. The van der Waals surface area contributed by atoms with Gasteiger partial charge in [0.2, 0.25) is 0 Å². The van der Waals surface area contributed by atoms with Crippen molar-refractivity contribution in [1.29, 1.82) is 5.26 Å². The number of fused-ring (bicyclic) bond motifs is 1. The molecule has 0 radical (unpaired) electrons. The maximum Gasteiger partial charge on any atom is 0.320 e. The predicted octanol–water partition coefficient (Wildman–Crippen LogP) is -0.144. The number of nitrogens with zero attached hydrogens (tertiary/aromatic N) is 6. The van der Waals surface area contributed by atoms with Gasteiger partial charge in [0, 0.05) is 25.2 Å². The zero-order valence-electron chi connectivity index (χ0n) is 20.1. The van der Waals surface area contributed by atoms with Crippen LogP contribution < -0.4 is 11.5 Å². The van der Waals surface area contributed by atoms with Gasteiger partial charge in [-0.1, -0.05) is 18.2 Å². The summed E-state index contributed by atoms with van der Waals surface area (Å²) in [5.41, 5.74) is 12.6. The Balaban J connectivity index is 1.49. The lowest BCUT2D eigenvalue weighted by atomic mass is 10.1. The van der Waals surface area contributed by atoms with Gasteiger partial charge in [0.25, 0.3) is 0 Å². The van der Waals surface area contributed by atoms with Gasteiger partial charge in [-0.2, -0.15) is 5.26 Å². The number of carboxylic acid groups (broad SMARTS) is 1. The van der Waals surface area contributed by atoms with Crippen LogP contribution in [0.5, 0.6) is 0 Å². The predicted molar refractivity (Wildman–Crippen MR) is 132 cm³/mol. The second-order valence-electron chi connectivity index (χ2n) is 8.87. The molecule has 1 aliphatic heterocycles. The maximum absolute atomic E-state index is 14.2. The average molecular weight is 527 g/mol. The number of carboxylic acids is 1. The van der Waals surface area contributed by atoms with Crippen molar-refractivity contribution in [3.05, 3.63) is 53.9 Å². The molecule has 3 aromatic rings. The van der Waals surface area contributed by atoms with E-state index in [1.807, 2.05) is 6.07 Å². The average Bonchev–Trinajstić information content (AvgIpc) is 3.45. The monoisotopic (exact) mass is 526 g/mol. The van der Waals surface area contributed by atoms with Crippen molar-refractivity contribution in [1.82, 2.24) is 24.4 Å². The first-order valence-electron chi connectivity index (χ1n) is 11.7. The van der Waals surface area contributed by atoms with Gasteiger partial charge in [-0.05, 0) is 18.6 Å². The Morgan fingerprint density at radius 3 is 2.82 bits per heavy atom. The van der Waals surface area contributed by atoms with E-state index >= 15 is 0 Å². The summed E-state index contributed by atoms with van der Waals surface area (Å²) in [5, 5.41) is 39.5. The molecule has 0 bridgehead atoms. The summed E-state index contributed by atoms with van der Waals surface area (Å²) in [5.74, 6) is -1.55. The van der Waals surface area contributed by atoms with Gasteiger partial charge < -0.3 is 31.5 Å². The number of anilines is 1. The summed E-state index contributed by atoms with van der Waals surface area (Å²) in [6, 6.07) is 4.87. The molecule has 2 aromatic heterocycles. The Kier molecular flexibility index (Phi) is 8.25. The summed E-state index contributed by atoms with van der Waals surface area (Å²) in [6.07, 6.45) is 1.45. The lowest BCUT2D eigenvalue weighted by Crippen LogP contribution is -2.42. The number of hydrogen-bond donors (Lipinski definition) is 5. The number of imidazole rings is 1. The number of ether oxygens (including phenoxy) is 1. The third kappa shape index (κ3) is 5.77. The van der Waals surface area contributed by atoms with Crippen LogP contribution in [0.1, 0.15) is 23.8 Å². The number of aromatic nitrogens is 4. The van der Waals surface area contributed by atoms with Crippen molar-refractivity contribution >= 4 is 29.0 Å². The molecule has 5 atom stereocenters. The molecule has 0 spiro atoms. The highest BCUT2D eigenvalue weighted by Gasteiger charge is 2.44. The highest BCUT2D eigenvalue weighted by atomic mass is 19.1. The molecule has 0 amide bonds. The number of nitrogen functional groups attached to an aromatic ring is 1. The summed E-state index contributed by atoms with van der Waals surface area (Å²) in [7, 11) is 0. The van der Waals surface area contributed by atoms with E-state index in [9.17, 15) is 19.4 Å². The largest absolute Gasteiger partial charge is 0.480 e. The van der Waals surface area contributed by atoms with E-state index in [4.69, 9.17) is 26.6 Å². The number of benzene rings is 1. The molecule has 3 heterocycles. The van der Waals surface area contributed by atoms with Crippen molar-refractivity contribution < 1.29 is 29.2 Å². The van der Waals surface area contributed by atoms with Crippen molar-refractivity contribution in [3.8, 4) is 6.07 Å². The van der Waals surface area contributed by atoms with Crippen LogP contribution in [0.3, 0.4) is 0 Å². The van der Waals surface area contributed by atoms with Crippen molar-refractivity contribution in [2.75, 3.05) is 25.4 Å². The van der Waals surface area contributed by atoms with Crippen molar-refractivity contribution in [2.24, 2.45) is 5.73 Å². The fourth-order valence-corrected chi connectivity index (χ4v) is 4.18. The molecule has 14 heteroatoms. The molecule has 1 saturated heterocycles. The standard InChI is InChI=1S/C24H27FN8O5/c25-15-8-13(9-26)3-4-14(15)2-1-6-32(7-5-16(27)24(36)37)10-17-19(34)20(35)23(38-17)33-12-31-18-21(28)29-11-30-22(18)33/h1-4,8,11-12,16-17,19-20,23,34-35H,5-7,10,27H2,(H,36,37)(H2,28,29,30)/b2-1+/t16-,17+,19+,20+,23+/m0/s1. The second-order valence-corrected chi connectivity index (χ2v) is 8.87. The SMILES string of the molecule is N#Cc1ccc(/C=C/CN(CC[C@H](N)C(=O)O)C[C@H]2O[C@@H](n3cnc4c(N)ncnc43)[C@H](O)[C@@H]2O)c(F)c1. The summed E-state index contributed by atoms with van der Waals surface area (Å²) < 4.78 is 21.7. The molecule has 0 aliphatic carbocycles. The van der Waals surface area contributed by atoms with Crippen LogP contribution in [0.25, 0.3) is 17.2 Å². The number of nitrogens with two attached hydrogens (primary N) is 2. The smallest absolute Gasteiger partial charge is 0.320 e. The Morgan fingerprint density at radius 1 is 1.32 bits per heavy atom. The molecule has 38 heavy (non-hydrogen) atoms. The van der Waals surface area contributed by atoms with Crippen LogP contribution in [-0.2, 0) is 9.53 Å². The minimum Gasteiger partial charge on any atom is -0.480 e. The summed E-state index contributed by atoms with van der Waals surface area (Å²) >= 11 is 0. The highest BCUT2D eigenvalue weighted by molar-refractivity contribution is 5.81. The van der Waals surface area contributed by atoms with Crippen LogP contribution in [0.2, 0.25) is 0 Å². The van der Waals surface area contributed by atoms with E-state index < -0.39 is 42.4 Å². The van der Waals surface area contributed by atoms with E-state index in [1.165, 1.54) is 35.4 Å². The van der Waals surface area contributed by atoms with Gasteiger partial charge in [-0.3, -0.25) is 14.3 Å². The first-order chi connectivity index (χ1) is 18.2. The minimum absolute atomic E-state index is 0.102. The zero-order chi connectivity index (χ0) is 27.4. The number of hydrogen-bond acceptors (Lipinski definition) is 11. The Hall–Kier alpha value is -4.00. The lowest BCUT2D eigenvalue weighted by Gasteiger charge is -2.26. The van der Waals surface area contributed by atoms with E-state index in [1.54, 1.807) is 11.0 Å². The third-order valence-corrected chi connectivity index (χ3v) is 6.30. The molecule has 0 unspecified atom stereocenters. The molecular weight excluding hydrogens is 499 g/mol. The fourth-order valence-electron chi connectivity index (χ4n) is 4.18. The number of nitriles is 1. The second kappa shape index (κ2) is 11.6. The van der Waals surface area contributed by atoms with Crippen molar-refractivity contribution in [2.45, 2.75) is 37.0 Å². The van der Waals surface area contributed by atoms with Gasteiger partial charge in [-0.15, -0.1) is 0 Å². The van der Waals surface area contributed by atoms with Gasteiger partial charge in [-0.25, -0.2) is 19.3 Å². The zero-order valence-corrected chi connectivity index (χ0v) is 20.1. The Morgan fingerprint density at radius 2 is 2.11 bits per heavy atom. The number of aliphatic hydroxyl groups is 2. The fraction of sp³-hybridized carbons (Fsp3) is 0.375. The van der Waals surface area contributed by atoms with Crippen LogP contribution >= 0.6 is 0 Å². The van der Waals surface area contributed by atoms with E-state index in [0.29, 0.717) is 11.2 Å². The first-order valence-corrected chi connectivity index (χ1v) is 11.7. The van der Waals surface area contributed by atoms with Crippen molar-refractivity contribution in [3.63, 3.8) is 0 Å². The van der Waals surface area contributed by atoms with Crippen LogP contribution in [0.4, 0.5) is 10.2 Å². The summed E-state index contributed by atoms with van der Waals surface area (Å²) in [4.78, 5) is 25.2. The lowest BCUT2D eigenvalue weighted by molar-refractivity contribution is -0.138. The molecule has 1 fully saturated rings. The van der Waals surface area contributed by atoms with Gasteiger partial charge in [0.1, 0.15) is 42.0 Å². The maximum atomic E-state index is 14.2. The van der Waals surface area contributed by atoms with E-state index in [-0.39, 0.29) is 43.0 Å². The Labute approximate surface area is 216 Å². The van der Waals surface area contributed by atoms with Gasteiger partial charge in [0.05, 0.1) is 18.0 Å². The molecule has 13 nitrogen and oxygen atoms in total. The molecule has 0 saturated carbocycles. The molecule has 7 N–H and O–H groups in total. The molecule has 200 valence electrons. The molecular formula is C24H27FN8O5. The number of rotatable bonds is 10. The normalized spacial score (nSPS) is 22.3. The van der Waals surface area contributed by atoms with Gasteiger partial charge >= 0.3 is 5.97 Å². The highest BCUT2D eigenvalue weighted by Crippen LogP contribution is 2.32. The number of aliphatic carboxylic acids is 1. The number of carbonyl (C=O) groups is 1. The number of aliphatic hydroxyl groups excluding tert-OH is 2. The van der Waals surface area contributed by atoms with Crippen LogP contribution in [-0.4, -0.2) is 89.7 Å². The Bertz CT molecular complexity index is 1380.